The molecule has 2 heterocycles. The van der Waals surface area contributed by atoms with E-state index in [0.717, 1.165) is 37.1 Å². The number of hydrogen-bond donors (Lipinski definition) is 1. The first-order valence-electron chi connectivity index (χ1n) is 10.7. The van der Waals surface area contributed by atoms with Crippen LogP contribution in [-0.4, -0.2) is 41.7 Å². The maximum atomic E-state index is 12.8. The summed E-state index contributed by atoms with van der Waals surface area (Å²) in [6, 6.07) is 13.7. The van der Waals surface area contributed by atoms with Gasteiger partial charge in [-0.25, -0.2) is 4.79 Å². The van der Waals surface area contributed by atoms with Gasteiger partial charge in [0, 0.05) is 22.6 Å². The third-order valence-electron chi connectivity index (χ3n) is 7.72. The van der Waals surface area contributed by atoms with Crippen molar-refractivity contribution in [3.63, 3.8) is 0 Å². The van der Waals surface area contributed by atoms with Crippen molar-refractivity contribution in [2.45, 2.75) is 43.4 Å². The molecule has 2 aromatic carbocycles. The van der Waals surface area contributed by atoms with Crippen LogP contribution in [0.25, 0.3) is 0 Å². The minimum absolute atomic E-state index is 0.0533. The van der Waals surface area contributed by atoms with Gasteiger partial charge in [-0.05, 0) is 62.5 Å². The number of rotatable bonds is 3. The maximum absolute atomic E-state index is 12.8. The lowest BCUT2D eigenvalue weighted by molar-refractivity contribution is -0.0271. The lowest BCUT2D eigenvalue weighted by atomic mass is 9.53. The summed E-state index contributed by atoms with van der Waals surface area (Å²) in [5.74, 6) is 1.51. The van der Waals surface area contributed by atoms with E-state index in [-0.39, 0.29) is 24.1 Å². The summed E-state index contributed by atoms with van der Waals surface area (Å²) < 4.78 is 12.5. The van der Waals surface area contributed by atoms with E-state index in [1.165, 1.54) is 11.1 Å². The number of ether oxygens (including phenoxy) is 2. The summed E-state index contributed by atoms with van der Waals surface area (Å²) in [5.41, 5.74) is 3.74. The zero-order valence-corrected chi connectivity index (χ0v) is 17.0. The molecule has 2 aromatic rings. The molecule has 0 saturated carbocycles. The number of aliphatic hydroxyl groups is 1. The average Bonchev–Trinajstić information content (AvgIpc) is 3.13. The SMILES string of the molecule is CN1CCC23c4c5ccc(CO)c4OC2C(OC(=O)c2ccccc2)=CCC3C1C5. The van der Waals surface area contributed by atoms with Crippen molar-refractivity contribution in [2.75, 3.05) is 13.6 Å². The third-order valence-corrected chi connectivity index (χ3v) is 7.72. The molecule has 2 aliphatic heterocycles. The van der Waals surface area contributed by atoms with E-state index >= 15 is 0 Å². The Labute approximate surface area is 175 Å². The molecule has 0 aromatic heterocycles. The molecule has 1 spiro atoms. The number of carbonyl (C=O) groups is 1. The van der Waals surface area contributed by atoms with Gasteiger partial charge in [0.25, 0.3) is 0 Å². The largest absolute Gasteiger partial charge is 0.481 e. The van der Waals surface area contributed by atoms with Crippen molar-refractivity contribution in [1.29, 1.82) is 0 Å². The Kier molecular flexibility index (Phi) is 3.89. The number of benzene rings is 2. The van der Waals surface area contributed by atoms with Crippen LogP contribution in [0.1, 0.15) is 39.9 Å². The highest BCUT2D eigenvalue weighted by Crippen LogP contribution is 2.62. The van der Waals surface area contributed by atoms with Gasteiger partial charge in [-0.1, -0.05) is 30.3 Å². The molecule has 2 aliphatic carbocycles. The van der Waals surface area contributed by atoms with Crippen molar-refractivity contribution in [1.82, 2.24) is 4.90 Å². The van der Waals surface area contributed by atoms with Gasteiger partial charge >= 0.3 is 5.97 Å². The molecule has 1 fully saturated rings. The molecule has 154 valence electrons. The standard InChI is InChI=1S/C25H25NO4/c1-26-12-11-25-18-9-10-20(29-24(28)15-5-3-2-4-6-15)23(25)30-22-17(14-27)8-7-16(21(22)25)13-19(18)26/h2-8,10,18-19,23,27H,9,11-14H2,1H3. The molecule has 6 rings (SSSR count). The van der Waals surface area contributed by atoms with Gasteiger partial charge in [-0.3, -0.25) is 0 Å². The predicted molar refractivity (Wildman–Crippen MR) is 111 cm³/mol. The maximum Gasteiger partial charge on any atom is 0.343 e. The minimum atomic E-state index is -0.348. The normalized spacial score (nSPS) is 30.9. The average molecular weight is 403 g/mol. The smallest absolute Gasteiger partial charge is 0.343 e. The van der Waals surface area contributed by atoms with Gasteiger partial charge in [0.15, 0.2) is 6.10 Å². The Balaban J connectivity index is 1.46. The molecular formula is C25H25NO4. The monoisotopic (exact) mass is 403 g/mol. The number of allylic oxidation sites excluding steroid dienone is 1. The molecule has 0 amide bonds. The van der Waals surface area contributed by atoms with Crippen LogP contribution in [0.3, 0.4) is 0 Å². The fourth-order valence-electron chi connectivity index (χ4n) is 6.35. The first kappa shape index (κ1) is 18.2. The quantitative estimate of drug-likeness (QED) is 0.798. The Bertz CT molecular complexity index is 1060. The summed E-state index contributed by atoms with van der Waals surface area (Å²) in [6.45, 7) is 0.936. The van der Waals surface area contributed by atoms with E-state index in [2.05, 4.69) is 24.1 Å². The number of likely N-dealkylation sites (N-methyl/N-ethyl adjacent to an activating group) is 1. The van der Waals surface area contributed by atoms with Crippen molar-refractivity contribution in [2.24, 2.45) is 5.92 Å². The molecule has 4 atom stereocenters. The van der Waals surface area contributed by atoms with Crippen LogP contribution in [0.2, 0.25) is 0 Å². The number of aliphatic hydroxyl groups excluding tert-OH is 1. The van der Waals surface area contributed by atoms with E-state index in [9.17, 15) is 9.90 Å². The van der Waals surface area contributed by atoms with E-state index < -0.39 is 0 Å². The van der Waals surface area contributed by atoms with Gasteiger partial charge < -0.3 is 19.5 Å². The van der Waals surface area contributed by atoms with Crippen molar-refractivity contribution >= 4 is 5.97 Å². The van der Waals surface area contributed by atoms with Gasteiger partial charge in [0.2, 0.25) is 0 Å². The Morgan fingerprint density at radius 2 is 2.10 bits per heavy atom. The molecular weight excluding hydrogens is 378 g/mol. The van der Waals surface area contributed by atoms with Crippen LogP contribution in [-0.2, 0) is 23.2 Å². The molecule has 30 heavy (non-hydrogen) atoms. The lowest BCUT2D eigenvalue weighted by Gasteiger charge is -2.56. The highest BCUT2D eigenvalue weighted by atomic mass is 16.6. The first-order chi connectivity index (χ1) is 14.6. The fraction of sp³-hybridized carbons (Fsp3) is 0.400. The van der Waals surface area contributed by atoms with Crippen molar-refractivity contribution in [3.05, 3.63) is 76.6 Å². The molecule has 2 bridgehead atoms. The highest BCUT2D eigenvalue weighted by Gasteiger charge is 2.64. The van der Waals surface area contributed by atoms with Crippen molar-refractivity contribution < 1.29 is 19.4 Å². The van der Waals surface area contributed by atoms with Crippen LogP contribution < -0.4 is 4.74 Å². The summed E-state index contributed by atoms with van der Waals surface area (Å²) >= 11 is 0. The molecule has 4 aliphatic rings. The van der Waals surface area contributed by atoms with E-state index in [4.69, 9.17) is 9.47 Å². The number of carbonyl (C=O) groups excluding carboxylic acids is 1. The van der Waals surface area contributed by atoms with Gasteiger partial charge in [0.05, 0.1) is 12.2 Å². The van der Waals surface area contributed by atoms with Gasteiger partial charge in [-0.15, -0.1) is 0 Å². The molecule has 4 unspecified atom stereocenters. The van der Waals surface area contributed by atoms with E-state index in [0.29, 0.717) is 23.3 Å². The predicted octanol–water partition coefficient (Wildman–Crippen LogP) is 3.20. The van der Waals surface area contributed by atoms with E-state index in [1.807, 2.05) is 24.3 Å². The molecule has 1 N–H and O–H groups in total. The fourth-order valence-corrected chi connectivity index (χ4v) is 6.35. The third kappa shape index (κ3) is 2.28. The minimum Gasteiger partial charge on any atom is -0.481 e. The molecule has 5 heteroatoms. The Morgan fingerprint density at radius 3 is 2.90 bits per heavy atom. The second-order valence-electron chi connectivity index (χ2n) is 8.99. The molecule has 1 saturated heterocycles. The summed E-state index contributed by atoms with van der Waals surface area (Å²) in [6.07, 6.45) is 4.58. The van der Waals surface area contributed by atoms with Gasteiger partial charge in [0.1, 0.15) is 11.5 Å². The van der Waals surface area contributed by atoms with Crippen LogP contribution in [0.5, 0.6) is 5.75 Å². The summed E-state index contributed by atoms with van der Waals surface area (Å²) in [5, 5.41) is 9.95. The summed E-state index contributed by atoms with van der Waals surface area (Å²) in [4.78, 5) is 15.3. The highest BCUT2D eigenvalue weighted by molar-refractivity contribution is 5.90. The number of esters is 1. The zero-order valence-electron chi connectivity index (χ0n) is 17.0. The second-order valence-corrected chi connectivity index (χ2v) is 8.99. The molecule has 0 radical (unpaired) electrons. The van der Waals surface area contributed by atoms with Crippen LogP contribution in [0.15, 0.2) is 54.3 Å². The zero-order chi connectivity index (χ0) is 20.5. The second kappa shape index (κ2) is 6.43. The Hall–Kier alpha value is -2.63. The summed E-state index contributed by atoms with van der Waals surface area (Å²) in [7, 11) is 2.21. The lowest BCUT2D eigenvalue weighted by Crippen LogP contribution is -2.63. The number of likely N-dealkylation sites (tertiary alicyclic amines) is 1. The number of piperidine rings is 1. The van der Waals surface area contributed by atoms with E-state index in [1.54, 1.807) is 12.1 Å². The van der Waals surface area contributed by atoms with Crippen LogP contribution >= 0.6 is 0 Å². The Morgan fingerprint density at radius 1 is 1.27 bits per heavy atom. The number of nitrogens with zero attached hydrogens (tertiary/aromatic N) is 1. The topological polar surface area (TPSA) is 59.0 Å². The first-order valence-corrected chi connectivity index (χ1v) is 10.7. The van der Waals surface area contributed by atoms with Gasteiger partial charge in [-0.2, -0.15) is 0 Å². The van der Waals surface area contributed by atoms with Crippen molar-refractivity contribution in [3.8, 4) is 5.75 Å². The molecule has 5 nitrogen and oxygen atoms in total. The number of hydrogen-bond acceptors (Lipinski definition) is 5. The van der Waals surface area contributed by atoms with Crippen LogP contribution in [0, 0.1) is 5.92 Å². The van der Waals surface area contributed by atoms with Crippen LogP contribution in [0.4, 0.5) is 0 Å².